The molecule has 0 aliphatic heterocycles. The van der Waals surface area contributed by atoms with Gasteiger partial charge in [-0.25, -0.2) is 0 Å². The Bertz CT molecular complexity index is 382. The molecule has 0 bridgehead atoms. The van der Waals surface area contributed by atoms with Gasteiger partial charge in [-0.05, 0) is 6.42 Å². The number of hydrogen-bond donors (Lipinski definition) is 0. The molecule has 130 valence electrons. The lowest BCUT2D eigenvalue weighted by Crippen LogP contribution is -1.98. The van der Waals surface area contributed by atoms with Crippen molar-refractivity contribution in [2.45, 2.75) is 96.8 Å². The summed E-state index contributed by atoms with van der Waals surface area (Å²) in [6.07, 6.45) is 18.3. The zero-order chi connectivity index (χ0) is 16.6. The second kappa shape index (κ2) is 14.5. The van der Waals surface area contributed by atoms with Gasteiger partial charge in [-0.15, -0.1) is 0 Å². The zero-order valence-corrected chi connectivity index (χ0v) is 15.2. The van der Waals surface area contributed by atoms with Crippen LogP contribution < -0.4 is 0 Å². The van der Waals surface area contributed by atoms with E-state index in [-0.39, 0.29) is 0 Å². The van der Waals surface area contributed by atoms with Crippen LogP contribution in [0.25, 0.3) is 0 Å². The Kier molecular flexibility index (Phi) is 12.6. The Hall–Kier alpha value is -1.11. The van der Waals surface area contributed by atoms with E-state index in [2.05, 4.69) is 6.92 Å². The standard InChI is InChI=1S/C22H36O/c1-2-3-4-5-6-7-8-9-10-11-12-13-17-20-22(23)21-18-15-14-16-19-21/h14-16,18-19H,2-13,17,20H2,1H3. The first-order valence-electron chi connectivity index (χ1n) is 9.93. The third kappa shape index (κ3) is 11.1. The molecular weight excluding hydrogens is 280 g/mol. The fourth-order valence-electron chi connectivity index (χ4n) is 3.07. The molecule has 0 atom stereocenters. The van der Waals surface area contributed by atoms with Crippen molar-refractivity contribution in [2.75, 3.05) is 0 Å². The fourth-order valence-corrected chi connectivity index (χ4v) is 3.07. The van der Waals surface area contributed by atoms with Gasteiger partial charge in [0.1, 0.15) is 0 Å². The second-order valence-electron chi connectivity index (χ2n) is 6.78. The lowest BCUT2D eigenvalue weighted by Gasteiger charge is -2.03. The molecule has 0 heterocycles. The van der Waals surface area contributed by atoms with Gasteiger partial charge in [0.15, 0.2) is 5.78 Å². The molecule has 1 aromatic carbocycles. The third-order valence-electron chi connectivity index (χ3n) is 4.60. The van der Waals surface area contributed by atoms with E-state index >= 15 is 0 Å². The van der Waals surface area contributed by atoms with E-state index in [1.165, 1.54) is 77.0 Å². The van der Waals surface area contributed by atoms with Crippen molar-refractivity contribution < 1.29 is 4.79 Å². The van der Waals surface area contributed by atoms with Crippen molar-refractivity contribution in [3.63, 3.8) is 0 Å². The summed E-state index contributed by atoms with van der Waals surface area (Å²) in [7, 11) is 0. The summed E-state index contributed by atoms with van der Waals surface area (Å²) in [4.78, 5) is 11.9. The number of benzene rings is 1. The van der Waals surface area contributed by atoms with Gasteiger partial charge in [0.2, 0.25) is 0 Å². The molecule has 0 amide bonds. The molecule has 23 heavy (non-hydrogen) atoms. The van der Waals surface area contributed by atoms with Crippen LogP contribution in [0.15, 0.2) is 30.3 Å². The molecule has 1 heteroatoms. The fraction of sp³-hybridized carbons (Fsp3) is 0.682. The van der Waals surface area contributed by atoms with E-state index in [0.717, 1.165) is 12.0 Å². The highest BCUT2D eigenvalue weighted by Crippen LogP contribution is 2.14. The summed E-state index contributed by atoms with van der Waals surface area (Å²) >= 11 is 0. The summed E-state index contributed by atoms with van der Waals surface area (Å²) in [5.41, 5.74) is 0.867. The molecule has 0 aliphatic carbocycles. The van der Waals surface area contributed by atoms with Crippen LogP contribution in [0.3, 0.4) is 0 Å². The van der Waals surface area contributed by atoms with Crippen LogP contribution in [0.4, 0.5) is 0 Å². The summed E-state index contributed by atoms with van der Waals surface area (Å²) in [6, 6.07) is 9.69. The summed E-state index contributed by atoms with van der Waals surface area (Å²) in [5, 5.41) is 0. The molecule has 0 aliphatic rings. The number of carbonyl (C=O) groups excluding carboxylic acids is 1. The van der Waals surface area contributed by atoms with Gasteiger partial charge in [-0.3, -0.25) is 4.79 Å². The molecule has 0 N–H and O–H groups in total. The number of Topliss-reactive ketones (excluding diaryl/α,β-unsaturated/α-hetero) is 1. The lowest BCUT2D eigenvalue weighted by molar-refractivity contribution is 0.0979. The number of ketones is 1. The number of carbonyl (C=O) groups is 1. The van der Waals surface area contributed by atoms with Crippen molar-refractivity contribution in [1.82, 2.24) is 0 Å². The quantitative estimate of drug-likeness (QED) is 0.244. The van der Waals surface area contributed by atoms with Crippen LogP contribution in [-0.4, -0.2) is 5.78 Å². The number of hydrogen-bond acceptors (Lipinski definition) is 1. The van der Waals surface area contributed by atoms with Gasteiger partial charge in [-0.1, -0.05) is 114 Å². The monoisotopic (exact) mass is 316 g/mol. The van der Waals surface area contributed by atoms with Gasteiger partial charge < -0.3 is 0 Å². The average Bonchev–Trinajstić information content (AvgIpc) is 2.59. The molecule has 0 fully saturated rings. The van der Waals surface area contributed by atoms with Crippen LogP contribution in [-0.2, 0) is 0 Å². The minimum absolute atomic E-state index is 0.300. The maximum absolute atomic E-state index is 11.9. The topological polar surface area (TPSA) is 17.1 Å². The molecule has 0 saturated heterocycles. The smallest absolute Gasteiger partial charge is 0.162 e. The van der Waals surface area contributed by atoms with Gasteiger partial charge in [0.25, 0.3) is 0 Å². The van der Waals surface area contributed by atoms with Crippen LogP contribution in [0.5, 0.6) is 0 Å². The minimum Gasteiger partial charge on any atom is -0.294 e. The molecular formula is C22H36O. The first kappa shape index (κ1) is 19.9. The van der Waals surface area contributed by atoms with E-state index in [4.69, 9.17) is 0 Å². The lowest BCUT2D eigenvalue weighted by atomic mass is 10.0. The molecule has 0 radical (unpaired) electrons. The molecule has 0 spiro atoms. The SMILES string of the molecule is CCCCCCCCCCCCCCCC(=O)c1ccccc1. The molecule has 1 nitrogen and oxygen atoms in total. The Morgan fingerprint density at radius 2 is 1.09 bits per heavy atom. The zero-order valence-electron chi connectivity index (χ0n) is 15.2. The van der Waals surface area contributed by atoms with Crippen LogP contribution in [0.1, 0.15) is 107 Å². The van der Waals surface area contributed by atoms with Crippen molar-refractivity contribution in [3.8, 4) is 0 Å². The molecule has 0 aromatic heterocycles. The molecule has 1 rings (SSSR count). The highest BCUT2D eigenvalue weighted by molar-refractivity contribution is 5.95. The highest BCUT2D eigenvalue weighted by Gasteiger charge is 2.03. The van der Waals surface area contributed by atoms with E-state index < -0.39 is 0 Å². The first-order valence-corrected chi connectivity index (χ1v) is 9.93. The maximum atomic E-state index is 11.9. The Morgan fingerprint density at radius 1 is 0.652 bits per heavy atom. The predicted octanol–water partition coefficient (Wildman–Crippen LogP) is 7.35. The van der Waals surface area contributed by atoms with Gasteiger partial charge in [0, 0.05) is 12.0 Å². The summed E-state index contributed by atoms with van der Waals surface area (Å²) in [5.74, 6) is 0.300. The van der Waals surface area contributed by atoms with Crippen molar-refractivity contribution in [2.24, 2.45) is 0 Å². The van der Waals surface area contributed by atoms with E-state index in [1.54, 1.807) is 0 Å². The number of unbranched alkanes of at least 4 members (excludes halogenated alkanes) is 12. The molecule has 0 unspecified atom stereocenters. The van der Waals surface area contributed by atoms with Crippen molar-refractivity contribution >= 4 is 5.78 Å². The largest absolute Gasteiger partial charge is 0.294 e. The average molecular weight is 317 g/mol. The third-order valence-corrected chi connectivity index (χ3v) is 4.60. The Labute approximate surface area is 143 Å². The normalized spacial score (nSPS) is 10.8. The van der Waals surface area contributed by atoms with Crippen LogP contribution in [0, 0.1) is 0 Å². The van der Waals surface area contributed by atoms with E-state index in [0.29, 0.717) is 12.2 Å². The number of rotatable bonds is 15. The van der Waals surface area contributed by atoms with Crippen LogP contribution >= 0.6 is 0 Å². The van der Waals surface area contributed by atoms with E-state index in [1.807, 2.05) is 30.3 Å². The summed E-state index contributed by atoms with van der Waals surface area (Å²) in [6.45, 7) is 2.28. The first-order chi connectivity index (χ1) is 11.3. The molecule has 0 saturated carbocycles. The van der Waals surface area contributed by atoms with Crippen molar-refractivity contribution in [3.05, 3.63) is 35.9 Å². The van der Waals surface area contributed by atoms with Crippen molar-refractivity contribution in [1.29, 1.82) is 0 Å². The Balaban J connectivity index is 1.82. The minimum atomic E-state index is 0.300. The molecule has 1 aromatic rings. The van der Waals surface area contributed by atoms with Gasteiger partial charge >= 0.3 is 0 Å². The van der Waals surface area contributed by atoms with E-state index in [9.17, 15) is 4.79 Å². The maximum Gasteiger partial charge on any atom is 0.162 e. The Morgan fingerprint density at radius 3 is 1.57 bits per heavy atom. The van der Waals surface area contributed by atoms with Crippen LogP contribution in [0.2, 0.25) is 0 Å². The second-order valence-corrected chi connectivity index (χ2v) is 6.78. The van der Waals surface area contributed by atoms with Gasteiger partial charge in [-0.2, -0.15) is 0 Å². The highest BCUT2D eigenvalue weighted by atomic mass is 16.1. The van der Waals surface area contributed by atoms with Gasteiger partial charge in [0.05, 0.1) is 0 Å². The summed E-state index contributed by atoms with van der Waals surface area (Å²) < 4.78 is 0. The predicted molar refractivity (Wildman–Crippen MR) is 101 cm³/mol.